The molecule has 16 aromatic rings. The van der Waals surface area contributed by atoms with E-state index in [1.807, 2.05) is 30.5 Å². The van der Waals surface area contributed by atoms with Crippen molar-refractivity contribution in [2.45, 2.75) is 6.67 Å². The Hall–Kier alpha value is -10.8. The Balaban J connectivity index is 0.809. The van der Waals surface area contributed by atoms with Crippen molar-refractivity contribution in [3.05, 3.63) is 279 Å². The van der Waals surface area contributed by atoms with Crippen LogP contribution >= 0.6 is 0 Å². The second-order valence-electron chi connectivity index (χ2n) is 21.2. The maximum absolute atomic E-state index is 5.43. The molecule has 0 aliphatic heterocycles. The van der Waals surface area contributed by atoms with Crippen LogP contribution in [0.2, 0.25) is 0 Å². The van der Waals surface area contributed by atoms with Gasteiger partial charge in [0.1, 0.15) is 0 Å². The molecule has 400 valence electrons. The molecule has 0 atom stereocenters. The van der Waals surface area contributed by atoms with E-state index in [0.717, 1.165) is 88.3 Å². The number of rotatable bonds is 12. The third-order valence-electron chi connectivity index (χ3n) is 16.4. The van der Waals surface area contributed by atoms with Crippen LogP contribution in [0.15, 0.2) is 283 Å². The standard InChI is InChI=1S/C76H50N8Se/c1-77-63(54-38-42-69-62(46-54)70(49-21-6-2-7-22-49)73(85-69)50-23-8-3-9-24-50)43-44-78-48-82-64-34-17-14-32-58(64)60-40-41-67-71(72(60)82)61-33-16-19-36-66(61)84(67)76-80-74(51-25-10-4-11-26-51)79-75(81-76)55-28-20-27-52(45-55)53-37-39-59-57-31-15-18-35-65(57)83(68(59)47-53)56-29-12-5-13-30-56/h2-47H,1,48H2/b63-43-,78-44-. The number of para-hydroxylation sites is 4. The molecule has 0 aliphatic carbocycles. The number of nitrogens with zero attached hydrogens (tertiary/aromatic N) is 8. The fourth-order valence-electron chi connectivity index (χ4n) is 12.5. The summed E-state index contributed by atoms with van der Waals surface area (Å²) in [5.74, 6) is 1.69. The molecule has 5 aromatic heterocycles. The molecule has 16 rings (SSSR count). The number of allylic oxidation sites excluding steroid dienone is 1. The van der Waals surface area contributed by atoms with Gasteiger partial charge in [-0.25, -0.2) is 4.98 Å². The van der Waals surface area contributed by atoms with Crippen LogP contribution in [0, 0.1) is 0 Å². The topological polar surface area (TPSA) is 78.2 Å². The van der Waals surface area contributed by atoms with Gasteiger partial charge in [0.15, 0.2) is 11.6 Å². The van der Waals surface area contributed by atoms with Gasteiger partial charge in [0.25, 0.3) is 0 Å². The van der Waals surface area contributed by atoms with Crippen molar-refractivity contribution in [1.29, 1.82) is 0 Å². The van der Waals surface area contributed by atoms with Crippen LogP contribution < -0.4 is 0 Å². The van der Waals surface area contributed by atoms with E-state index < -0.39 is 0 Å². The zero-order valence-electron chi connectivity index (χ0n) is 46.0. The molecule has 0 bridgehead atoms. The Morgan fingerprint density at radius 3 is 1.74 bits per heavy atom. The molecule has 0 saturated heterocycles. The second kappa shape index (κ2) is 20.9. The van der Waals surface area contributed by atoms with Gasteiger partial charge in [-0.2, -0.15) is 9.97 Å². The third kappa shape index (κ3) is 8.55. The number of hydrogen-bond donors (Lipinski definition) is 0. The number of hydrogen-bond acceptors (Lipinski definition) is 5. The van der Waals surface area contributed by atoms with Gasteiger partial charge < -0.3 is 4.57 Å². The van der Waals surface area contributed by atoms with Gasteiger partial charge >= 0.3 is 209 Å². The van der Waals surface area contributed by atoms with Crippen molar-refractivity contribution < 1.29 is 0 Å². The first-order chi connectivity index (χ1) is 42.1. The zero-order valence-corrected chi connectivity index (χ0v) is 47.7. The average molecular weight is 1150 g/mol. The molecule has 0 radical (unpaired) electrons. The van der Waals surface area contributed by atoms with Crippen molar-refractivity contribution in [2.24, 2.45) is 9.98 Å². The monoisotopic (exact) mass is 1150 g/mol. The van der Waals surface area contributed by atoms with Crippen molar-refractivity contribution in [3.63, 3.8) is 0 Å². The van der Waals surface area contributed by atoms with Crippen molar-refractivity contribution in [2.75, 3.05) is 0 Å². The number of benzene rings is 11. The van der Waals surface area contributed by atoms with Crippen LogP contribution in [0.4, 0.5) is 0 Å². The first kappa shape index (κ1) is 49.9. The van der Waals surface area contributed by atoms with E-state index in [-0.39, 0.29) is 14.5 Å². The minimum absolute atomic E-state index is 0.144. The summed E-state index contributed by atoms with van der Waals surface area (Å²) in [6.07, 6.45) is 3.86. The first-order valence-corrected chi connectivity index (χ1v) is 30.1. The fraction of sp³-hybridized carbons (Fsp3) is 0.0132. The summed E-state index contributed by atoms with van der Waals surface area (Å²) in [4.78, 5) is 25.8. The molecule has 0 amide bonds. The van der Waals surface area contributed by atoms with E-state index in [4.69, 9.17) is 19.9 Å². The number of fused-ring (bicyclic) bond motifs is 11. The summed E-state index contributed by atoms with van der Waals surface area (Å²) < 4.78 is 9.65. The van der Waals surface area contributed by atoms with Crippen LogP contribution in [0.25, 0.3) is 147 Å². The van der Waals surface area contributed by atoms with Gasteiger partial charge in [0, 0.05) is 33.0 Å². The Kier molecular flexibility index (Phi) is 12.3. The summed E-state index contributed by atoms with van der Waals surface area (Å²) in [5.41, 5.74) is 17.0. The molecule has 0 spiro atoms. The minimum atomic E-state index is 0.144. The number of aromatic nitrogens is 6. The summed E-state index contributed by atoms with van der Waals surface area (Å²) >= 11 is 0.144. The van der Waals surface area contributed by atoms with E-state index in [0.29, 0.717) is 24.3 Å². The molecule has 0 unspecified atom stereocenters. The Morgan fingerprint density at radius 1 is 0.424 bits per heavy atom. The molecular formula is C76H50N8Se. The van der Waals surface area contributed by atoms with Crippen molar-refractivity contribution >= 4 is 108 Å². The molecule has 0 aliphatic rings. The Morgan fingerprint density at radius 2 is 1.00 bits per heavy atom. The van der Waals surface area contributed by atoms with Gasteiger partial charge in [-0.15, -0.1) is 0 Å². The Bertz CT molecular complexity index is 5340. The molecule has 0 N–H and O–H groups in total. The SMILES string of the molecule is C=N/C(=C\C=N/Cn1c2ccccc2c2ccc3c(c4ccccc4n3-c3nc(-c4ccccc4)nc(-c4cccc(-c5ccc6c7ccccc7n(-c7ccccc7)c6c5)c4)n3)c21)c1ccc2[se]c(-c3ccccc3)c(-c3ccccc3)c2c1. The zero-order chi connectivity index (χ0) is 56.4. The number of aliphatic imine (C=N–C) groups is 2. The summed E-state index contributed by atoms with van der Waals surface area (Å²) in [6.45, 7) is 4.41. The molecular weight excluding hydrogens is 1100 g/mol. The van der Waals surface area contributed by atoms with Crippen molar-refractivity contribution in [3.8, 4) is 66.7 Å². The third-order valence-corrected chi connectivity index (χ3v) is 18.9. The molecule has 11 aromatic carbocycles. The maximum atomic E-state index is 5.43. The molecule has 5 heterocycles. The van der Waals surface area contributed by atoms with E-state index >= 15 is 0 Å². The van der Waals surface area contributed by atoms with Crippen LogP contribution in [-0.4, -0.2) is 56.1 Å². The quantitative estimate of drug-likeness (QED) is 0.0903. The van der Waals surface area contributed by atoms with Gasteiger partial charge in [-0.1, -0.05) is 140 Å². The molecule has 0 saturated carbocycles. The molecule has 85 heavy (non-hydrogen) atoms. The van der Waals surface area contributed by atoms with E-state index in [2.05, 4.69) is 274 Å². The van der Waals surface area contributed by atoms with E-state index in [9.17, 15) is 0 Å². The van der Waals surface area contributed by atoms with E-state index in [1.54, 1.807) is 0 Å². The predicted molar refractivity (Wildman–Crippen MR) is 356 cm³/mol. The average Bonchev–Trinajstić information content (AvgIpc) is 1.89. The predicted octanol–water partition coefficient (Wildman–Crippen LogP) is 18.5. The summed E-state index contributed by atoms with van der Waals surface area (Å²) in [6, 6.07) is 94.7. The van der Waals surface area contributed by atoms with Gasteiger partial charge in [-0.3, -0.25) is 4.57 Å². The van der Waals surface area contributed by atoms with Crippen LogP contribution in [0.1, 0.15) is 5.56 Å². The van der Waals surface area contributed by atoms with E-state index in [1.165, 1.54) is 47.1 Å². The van der Waals surface area contributed by atoms with Crippen LogP contribution in [0.5, 0.6) is 0 Å². The summed E-state index contributed by atoms with van der Waals surface area (Å²) in [5, 5.41) is 8.14. The first-order valence-electron chi connectivity index (χ1n) is 28.4. The van der Waals surface area contributed by atoms with Gasteiger partial charge in [0.05, 0.1) is 22.1 Å². The fourth-order valence-corrected chi connectivity index (χ4v) is 15.1. The Labute approximate surface area is 495 Å². The molecule has 9 heteroatoms. The van der Waals surface area contributed by atoms with Gasteiger partial charge in [-0.05, 0) is 53.6 Å². The normalized spacial score (nSPS) is 12.1. The molecule has 8 nitrogen and oxygen atoms in total. The summed E-state index contributed by atoms with van der Waals surface area (Å²) in [7, 11) is 0. The van der Waals surface area contributed by atoms with Crippen molar-refractivity contribution in [1.82, 2.24) is 28.7 Å². The second-order valence-corrected chi connectivity index (χ2v) is 23.4. The van der Waals surface area contributed by atoms with Gasteiger partial charge in [0.2, 0.25) is 5.95 Å². The molecule has 0 fully saturated rings. The van der Waals surface area contributed by atoms with Crippen LogP contribution in [0.3, 0.4) is 0 Å². The van der Waals surface area contributed by atoms with Crippen LogP contribution in [-0.2, 0) is 6.67 Å².